The molecule has 0 aliphatic carbocycles. The van der Waals surface area contributed by atoms with Crippen LogP contribution in [0.3, 0.4) is 0 Å². The molecule has 0 aromatic heterocycles. The molecule has 2 aromatic carbocycles. The van der Waals surface area contributed by atoms with Crippen LogP contribution in [0.5, 0.6) is 5.75 Å². The topological polar surface area (TPSA) is 32.8 Å². The number of methoxy groups -OCH3 is 1. The van der Waals surface area contributed by atoms with Crippen LogP contribution in [0.1, 0.15) is 24.1 Å². The first kappa shape index (κ1) is 19.2. The van der Waals surface area contributed by atoms with Gasteiger partial charge in [0.15, 0.2) is 0 Å². The summed E-state index contributed by atoms with van der Waals surface area (Å²) in [7, 11) is 1.65. The molecular weight excluding hydrogens is 379 g/mol. The highest BCUT2D eigenvalue weighted by Gasteiger charge is 2.48. The average molecular weight is 403 g/mol. The van der Waals surface area contributed by atoms with Gasteiger partial charge in [0.05, 0.1) is 13.2 Å². The van der Waals surface area contributed by atoms with Gasteiger partial charge in [0.2, 0.25) is 5.91 Å². The summed E-state index contributed by atoms with van der Waals surface area (Å²) in [6.07, 6.45) is 0. The van der Waals surface area contributed by atoms with Crippen molar-refractivity contribution in [1.82, 2.24) is 9.80 Å². The Bertz CT molecular complexity index is 853. The third-order valence-electron chi connectivity index (χ3n) is 5.93. The van der Waals surface area contributed by atoms with E-state index in [1.54, 1.807) is 20.1 Å². The van der Waals surface area contributed by atoms with Gasteiger partial charge in [0.25, 0.3) is 0 Å². The normalized spacial score (nSPS) is 24.4. The predicted molar refractivity (Wildman–Crippen MR) is 107 cm³/mol. The molecule has 0 N–H and O–H groups in total. The largest absolute Gasteiger partial charge is 0.497 e. The van der Waals surface area contributed by atoms with E-state index in [1.807, 2.05) is 23.1 Å². The molecule has 2 heterocycles. The van der Waals surface area contributed by atoms with E-state index >= 15 is 0 Å². The molecule has 0 spiro atoms. The minimum atomic E-state index is -0.305. The van der Waals surface area contributed by atoms with E-state index in [0.29, 0.717) is 23.4 Å². The van der Waals surface area contributed by atoms with Gasteiger partial charge in [-0.3, -0.25) is 9.69 Å². The predicted octanol–water partition coefficient (Wildman–Crippen LogP) is 4.14. The highest BCUT2D eigenvalue weighted by atomic mass is 35.5. The Morgan fingerprint density at radius 2 is 1.93 bits per heavy atom. The molecule has 2 aliphatic rings. The fourth-order valence-corrected chi connectivity index (χ4v) is 5.02. The first-order valence-corrected chi connectivity index (χ1v) is 9.91. The Balaban J connectivity index is 1.54. The van der Waals surface area contributed by atoms with Crippen LogP contribution in [0.15, 0.2) is 42.5 Å². The second-order valence-corrected chi connectivity index (χ2v) is 8.22. The molecule has 6 heteroatoms. The van der Waals surface area contributed by atoms with E-state index in [2.05, 4.69) is 17.0 Å². The minimum Gasteiger partial charge on any atom is -0.497 e. The van der Waals surface area contributed by atoms with Crippen LogP contribution in [0, 0.1) is 17.7 Å². The summed E-state index contributed by atoms with van der Waals surface area (Å²) >= 11 is 6.00. The van der Waals surface area contributed by atoms with E-state index in [-0.39, 0.29) is 17.8 Å². The summed E-state index contributed by atoms with van der Waals surface area (Å²) in [5.41, 5.74) is 2.02. The average Bonchev–Trinajstić information content (AvgIpc) is 3.18. The zero-order valence-electron chi connectivity index (χ0n) is 16.1. The quantitative estimate of drug-likeness (QED) is 0.770. The Morgan fingerprint density at radius 3 is 2.57 bits per heavy atom. The van der Waals surface area contributed by atoms with Crippen molar-refractivity contribution in [2.24, 2.45) is 11.8 Å². The Morgan fingerprint density at radius 1 is 1.18 bits per heavy atom. The van der Waals surface area contributed by atoms with Gasteiger partial charge in [0.1, 0.15) is 11.6 Å². The molecule has 4 nitrogen and oxygen atoms in total. The van der Waals surface area contributed by atoms with E-state index in [0.717, 1.165) is 36.5 Å². The number of nitrogens with zero attached hydrogens (tertiary/aromatic N) is 2. The van der Waals surface area contributed by atoms with E-state index in [4.69, 9.17) is 16.3 Å². The molecule has 148 valence electrons. The van der Waals surface area contributed by atoms with Crippen LogP contribution in [0.25, 0.3) is 0 Å². The van der Waals surface area contributed by atoms with Crippen LogP contribution in [0.4, 0.5) is 4.39 Å². The highest BCUT2D eigenvalue weighted by molar-refractivity contribution is 6.30. The molecule has 1 amide bonds. The summed E-state index contributed by atoms with van der Waals surface area (Å²) in [6.45, 7) is 4.84. The van der Waals surface area contributed by atoms with Crippen molar-refractivity contribution in [1.29, 1.82) is 0 Å². The third-order valence-corrected chi connectivity index (χ3v) is 6.15. The lowest BCUT2D eigenvalue weighted by atomic mass is 9.89. The van der Waals surface area contributed by atoms with Crippen molar-refractivity contribution >= 4 is 17.5 Å². The van der Waals surface area contributed by atoms with Crippen LogP contribution >= 0.6 is 11.6 Å². The number of amides is 1. The van der Waals surface area contributed by atoms with Crippen LogP contribution in [0.2, 0.25) is 5.02 Å². The SMILES string of the molecule is COc1ccc([C@H]2[C@@H]3CN(Cc4cc(F)cc(Cl)c4)C[C@@H]3CN2C(C)=O)cc1. The van der Waals surface area contributed by atoms with Gasteiger partial charge in [-0.2, -0.15) is 0 Å². The number of carbonyl (C=O) groups is 1. The molecule has 2 aromatic rings. The first-order chi connectivity index (χ1) is 13.4. The lowest BCUT2D eigenvalue weighted by Crippen LogP contribution is -2.34. The number of benzene rings is 2. The van der Waals surface area contributed by atoms with Crippen molar-refractivity contribution in [3.05, 3.63) is 64.4 Å². The molecule has 0 unspecified atom stereocenters. The van der Waals surface area contributed by atoms with Gasteiger partial charge in [0, 0.05) is 44.0 Å². The van der Waals surface area contributed by atoms with Gasteiger partial charge >= 0.3 is 0 Å². The zero-order valence-corrected chi connectivity index (χ0v) is 16.8. The number of rotatable bonds is 4. The fraction of sp³-hybridized carbons (Fsp3) is 0.409. The Kier molecular flexibility index (Phi) is 5.30. The number of halogens is 2. The number of likely N-dealkylation sites (tertiary alicyclic amines) is 2. The van der Waals surface area contributed by atoms with Gasteiger partial charge < -0.3 is 9.64 Å². The van der Waals surface area contributed by atoms with Crippen LogP contribution in [-0.2, 0) is 11.3 Å². The van der Waals surface area contributed by atoms with Crippen molar-refractivity contribution in [3.8, 4) is 5.75 Å². The highest BCUT2D eigenvalue weighted by Crippen LogP contribution is 2.45. The molecule has 0 bridgehead atoms. The maximum Gasteiger partial charge on any atom is 0.219 e. The van der Waals surface area contributed by atoms with Crippen molar-refractivity contribution in [3.63, 3.8) is 0 Å². The van der Waals surface area contributed by atoms with E-state index in [1.165, 1.54) is 6.07 Å². The number of fused-ring (bicyclic) bond motifs is 1. The smallest absolute Gasteiger partial charge is 0.219 e. The minimum absolute atomic E-state index is 0.0644. The molecule has 2 aliphatic heterocycles. The zero-order chi connectivity index (χ0) is 19.8. The van der Waals surface area contributed by atoms with Crippen LogP contribution in [-0.4, -0.2) is 42.5 Å². The molecular formula is C22H24ClFN2O2. The first-order valence-electron chi connectivity index (χ1n) is 9.53. The molecule has 3 atom stereocenters. The molecule has 0 radical (unpaired) electrons. The summed E-state index contributed by atoms with van der Waals surface area (Å²) in [6, 6.07) is 12.8. The number of hydrogen-bond acceptors (Lipinski definition) is 3. The van der Waals surface area contributed by atoms with Gasteiger partial charge in [-0.1, -0.05) is 23.7 Å². The van der Waals surface area contributed by atoms with E-state index < -0.39 is 0 Å². The second kappa shape index (κ2) is 7.72. The number of hydrogen-bond donors (Lipinski definition) is 0. The summed E-state index contributed by atoms with van der Waals surface area (Å²) in [5, 5.41) is 0.424. The molecule has 28 heavy (non-hydrogen) atoms. The lowest BCUT2D eigenvalue weighted by Gasteiger charge is -2.29. The third kappa shape index (κ3) is 3.74. The standard InChI is InChI=1S/C22H24ClFN2O2/c1-14(27)26-12-17-11-25(10-15-7-18(23)9-19(24)8-15)13-21(17)22(26)16-3-5-20(28-2)6-4-16/h3-9,17,21-22H,10-13H2,1-2H3/t17-,21-,22+/m1/s1. The molecule has 2 fully saturated rings. The van der Waals surface area contributed by atoms with Crippen molar-refractivity contribution < 1.29 is 13.9 Å². The Labute approximate surface area is 169 Å². The summed E-state index contributed by atoms with van der Waals surface area (Å²) < 4.78 is 18.9. The van der Waals surface area contributed by atoms with Crippen LogP contribution < -0.4 is 4.74 Å². The molecule has 0 saturated carbocycles. The van der Waals surface area contributed by atoms with Crippen molar-refractivity contribution in [2.45, 2.75) is 19.5 Å². The maximum atomic E-state index is 13.7. The second-order valence-electron chi connectivity index (χ2n) is 7.79. The fourth-order valence-electron chi connectivity index (χ4n) is 4.78. The van der Waals surface area contributed by atoms with Gasteiger partial charge in [-0.15, -0.1) is 0 Å². The maximum absolute atomic E-state index is 13.7. The number of carbonyl (C=O) groups excluding carboxylic acids is 1. The summed E-state index contributed by atoms with van der Waals surface area (Å²) in [4.78, 5) is 16.6. The lowest BCUT2D eigenvalue weighted by molar-refractivity contribution is -0.130. The van der Waals surface area contributed by atoms with Crippen molar-refractivity contribution in [2.75, 3.05) is 26.7 Å². The number of ether oxygens (including phenoxy) is 1. The van der Waals surface area contributed by atoms with E-state index in [9.17, 15) is 9.18 Å². The van der Waals surface area contributed by atoms with Gasteiger partial charge in [-0.05, 0) is 47.4 Å². The molecule has 2 saturated heterocycles. The monoisotopic (exact) mass is 402 g/mol. The van der Waals surface area contributed by atoms with Gasteiger partial charge in [-0.25, -0.2) is 4.39 Å². The molecule has 4 rings (SSSR count). The Hall–Kier alpha value is -2.11. The summed E-state index contributed by atoms with van der Waals surface area (Å²) in [5.74, 6) is 1.39.